The van der Waals surface area contributed by atoms with Crippen LogP contribution < -0.4 is 0 Å². The number of rotatable bonds is 3. The summed E-state index contributed by atoms with van der Waals surface area (Å²) in [5, 5.41) is 8.94. The van der Waals surface area contributed by atoms with Crippen LogP contribution in [0.15, 0.2) is 12.5 Å². The van der Waals surface area contributed by atoms with Gasteiger partial charge in [-0.25, -0.2) is 9.78 Å². The highest BCUT2D eigenvalue weighted by Crippen LogP contribution is 2.24. The number of aliphatic hydroxyl groups is 1. The molecule has 0 spiro atoms. The van der Waals surface area contributed by atoms with Crippen molar-refractivity contribution in [2.45, 2.75) is 18.6 Å². The molecule has 0 saturated carbocycles. The summed E-state index contributed by atoms with van der Waals surface area (Å²) >= 11 is 0. The number of aliphatic hydroxyl groups excluding tert-OH is 1. The molecule has 1 aromatic rings. The van der Waals surface area contributed by atoms with Crippen LogP contribution in [-0.4, -0.2) is 47.1 Å². The average molecular weight is 226 g/mol. The predicted molar refractivity (Wildman–Crippen MR) is 54.0 cm³/mol. The van der Waals surface area contributed by atoms with E-state index in [1.54, 1.807) is 12.5 Å². The second kappa shape index (κ2) is 4.63. The van der Waals surface area contributed by atoms with Gasteiger partial charge in [0.1, 0.15) is 0 Å². The van der Waals surface area contributed by atoms with Crippen molar-refractivity contribution < 1.29 is 19.4 Å². The van der Waals surface area contributed by atoms with Gasteiger partial charge in [-0.15, -0.1) is 0 Å². The maximum Gasteiger partial charge on any atom is 0.358 e. The SMILES string of the molecule is COC(=O)c1cn([C@H]2CO[C@@H](CO)C2)cn1. The number of hydrogen-bond donors (Lipinski definition) is 1. The molecule has 16 heavy (non-hydrogen) atoms. The first-order valence-corrected chi connectivity index (χ1v) is 5.09. The molecule has 0 aromatic carbocycles. The van der Waals surface area contributed by atoms with E-state index in [2.05, 4.69) is 9.72 Å². The molecule has 0 radical (unpaired) electrons. The summed E-state index contributed by atoms with van der Waals surface area (Å²) in [6.45, 7) is 0.553. The number of nitrogens with zero attached hydrogens (tertiary/aromatic N) is 2. The van der Waals surface area contributed by atoms with Crippen molar-refractivity contribution in [3.05, 3.63) is 18.2 Å². The molecule has 2 heterocycles. The lowest BCUT2D eigenvalue weighted by Gasteiger charge is -2.08. The fraction of sp³-hybridized carbons (Fsp3) is 0.600. The molecule has 1 aliphatic rings. The third-order valence-electron chi connectivity index (χ3n) is 2.68. The fourth-order valence-corrected chi connectivity index (χ4v) is 1.77. The molecule has 1 saturated heterocycles. The third-order valence-corrected chi connectivity index (χ3v) is 2.68. The number of imidazole rings is 1. The lowest BCUT2D eigenvalue weighted by Crippen LogP contribution is -2.11. The standard InChI is InChI=1S/C10H14N2O4/c1-15-10(14)9-3-12(6-11-9)7-2-8(4-13)16-5-7/h3,6-8,13H,2,4-5H2,1H3/t7-,8-/m1/s1. The Labute approximate surface area is 92.8 Å². The minimum atomic E-state index is -0.448. The smallest absolute Gasteiger partial charge is 0.358 e. The van der Waals surface area contributed by atoms with Crippen LogP contribution in [0.4, 0.5) is 0 Å². The molecule has 1 N–H and O–H groups in total. The molecule has 2 atom stereocenters. The van der Waals surface area contributed by atoms with Crippen LogP contribution in [0, 0.1) is 0 Å². The van der Waals surface area contributed by atoms with E-state index >= 15 is 0 Å². The summed E-state index contributed by atoms with van der Waals surface area (Å²) in [5.74, 6) is -0.448. The number of carbonyl (C=O) groups excluding carboxylic acids is 1. The maximum atomic E-state index is 11.2. The van der Waals surface area contributed by atoms with Gasteiger partial charge in [-0.05, 0) is 6.42 Å². The Bertz CT molecular complexity index is 377. The van der Waals surface area contributed by atoms with Crippen LogP contribution in [0.1, 0.15) is 23.0 Å². The monoisotopic (exact) mass is 226 g/mol. The molecule has 6 heteroatoms. The van der Waals surface area contributed by atoms with Crippen molar-refractivity contribution in [3.63, 3.8) is 0 Å². The van der Waals surface area contributed by atoms with Gasteiger partial charge < -0.3 is 19.1 Å². The highest BCUT2D eigenvalue weighted by atomic mass is 16.5. The lowest BCUT2D eigenvalue weighted by molar-refractivity contribution is 0.0574. The minimum absolute atomic E-state index is 0.0229. The van der Waals surface area contributed by atoms with E-state index in [0.29, 0.717) is 6.61 Å². The first kappa shape index (κ1) is 11.1. The van der Waals surface area contributed by atoms with E-state index in [0.717, 1.165) is 6.42 Å². The van der Waals surface area contributed by atoms with Crippen molar-refractivity contribution in [3.8, 4) is 0 Å². The molecule has 1 aromatic heterocycles. The Kier molecular flexibility index (Phi) is 3.21. The van der Waals surface area contributed by atoms with Gasteiger partial charge in [-0.3, -0.25) is 0 Å². The zero-order valence-electron chi connectivity index (χ0n) is 9.00. The first-order valence-electron chi connectivity index (χ1n) is 5.09. The lowest BCUT2D eigenvalue weighted by atomic mass is 10.2. The van der Waals surface area contributed by atoms with Crippen molar-refractivity contribution in [1.29, 1.82) is 0 Å². The van der Waals surface area contributed by atoms with Gasteiger partial charge in [0, 0.05) is 6.20 Å². The van der Waals surface area contributed by atoms with Crippen molar-refractivity contribution in [2.75, 3.05) is 20.3 Å². The molecular weight excluding hydrogens is 212 g/mol. The topological polar surface area (TPSA) is 73.6 Å². The van der Waals surface area contributed by atoms with Gasteiger partial charge in [-0.1, -0.05) is 0 Å². The molecule has 1 fully saturated rings. The predicted octanol–water partition coefficient (Wildman–Crippen LogP) is -0.00800. The van der Waals surface area contributed by atoms with Crippen LogP contribution in [0.25, 0.3) is 0 Å². The zero-order chi connectivity index (χ0) is 11.5. The number of hydrogen-bond acceptors (Lipinski definition) is 5. The van der Waals surface area contributed by atoms with Crippen molar-refractivity contribution in [2.24, 2.45) is 0 Å². The molecule has 1 aliphatic heterocycles. The van der Waals surface area contributed by atoms with E-state index < -0.39 is 5.97 Å². The van der Waals surface area contributed by atoms with Crippen LogP contribution >= 0.6 is 0 Å². The highest BCUT2D eigenvalue weighted by molar-refractivity contribution is 5.86. The average Bonchev–Trinajstić information content (AvgIpc) is 2.95. The molecule has 88 valence electrons. The summed E-state index contributed by atoms with van der Waals surface area (Å²) in [7, 11) is 1.32. The summed E-state index contributed by atoms with van der Waals surface area (Å²) in [6, 6.07) is 0.128. The largest absolute Gasteiger partial charge is 0.464 e. The number of ether oxygens (including phenoxy) is 2. The molecule has 2 rings (SSSR count). The zero-order valence-corrected chi connectivity index (χ0v) is 9.00. The second-order valence-electron chi connectivity index (χ2n) is 3.73. The first-order chi connectivity index (χ1) is 7.74. The van der Waals surface area contributed by atoms with Gasteiger partial charge >= 0.3 is 5.97 Å². The minimum Gasteiger partial charge on any atom is -0.464 e. The molecular formula is C10H14N2O4. The number of aromatic nitrogens is 2. The van der Waals surface area contributed by atoms with Crippen molar-refractivity contribution >= 4 is 5.97 Å². The summed E-state index contributed by atoms with van der Waals surface area (Å²) in [6.07, 6.45) is 3.83. The van der Waals surface area contributed by atoms with E-state index in [-0.39, 0.29) is 24.4 Å². The number of methoxy groups -OCH3 is 1. The summed E-state index contributed by atoms with van der Waals surface area (Å²) in [5.41, 5.74) is 0.287. The normalized spacial score (nSPS) is 24.6. The molecule has 0 amide bonds. The molecule has 0 bridgehead atoms. The summed E-state index contributed by atoms with van der Waals surface area (Å²) in [4.78, 5) is 15.1. The van der Waals surface area contributed by atoms with Crippen LogP contribution in [0.2, 0.25) is 0 Å². The molecule has 6 nitrogen and oxygen atoms in total. The Morgan fingerprint density at radius 3 is 3.25 bits per heavy atom. The fourth-order valence-electron chi connectivity index (χ4n) is 1.77. The Morgan fingerprint density at radius 1 is 1.81 bits per heavy atom. The van der Waals surface area contributed by atoms with Gasteiger partial charge in [0.05, 0.1) is 38.8 Å². The Hall–Kier alpha value is -1.40. The second-order valence-corrected chi connectivity index (χ2v) is 3.73. The summed E-state index contributed by atoms with van der Waals surface area (Å²) < 4.78 is 11.7. The van der Waals surface area contributed by atoms with Crippen LogP contribution in [0.3, 0.4) is 0 Å². The molecule has 0 unspecified atom stereocenters. The van der Waals surface area contributed by atoms with Crippen LogP contribution in [-0.2, 0) is 9.47 Å². The number of esters is 1. The van der Waals surface area contributed by atoms with Gasteiger partial charge in [-0.2, -0.15) is 0 Å². The Balaban J connectivity index is 2.05. The van der Waals surface area contributed by atoms with Crippen LogP contribution in [0.5, 0.6) is 0 Å². The van der Waals surface area contributed by atoms with E-state index in [4.69, 9.17) is 9.84 Å². The van der Waals surface area contributed by atoms with Crippen molar-refractivity contribution in [1.82, 2.24) is 9.55 Å². The van der Waals surface area contributed by atoms with Gasteiger partial charge in [0.15, 0.2) is 5.69 Å². The maximum absolute atomic E-state index is 11.2. The van der Waals surface area contributed by atoms with E-state index in [1.165, 1.54) is 7.11 Å². The quantitative estimate of drug-likeness (QED) is 0.734. The van der Waals surface area contributed by atoms with E-state index in [1.807, 2.05) is 4.57 Å². The number of carbonyl (C=O) groups is 1. The highest BCUT2D eigenvalue weighted by Gasteiger charge is 2.26. The third kappa shape index (κ3) is 2.07. The van der Waals surface area contributed by atoms with E-state index in [9.17, 15) is 4.79 Å². The Morgan fingerprint density at radius 2 is 2.62 bits per heavy atom. The molecule has 0 aliphatic carbocycles. The van der Waals surface area contributed by atoms with Gasteiger partial charge in [0.2, 0.25) is 0 Å². The van der Waals surface area contributed by atoms with Gasteiger partial charge in [0.25, 0.3) is 0 Å².